The van der Waals surface area contributed by atoms with Crippen LogP contribution in [-0.4, -0.2) is 37.4 Å². The molecule has 0 radical (unpaired) electrons. The topological polar surface area (TPSA) is 87.7 Å². The van der Waals surface area contributed by atoms with E-state index in [0.717, 1.165) is 29.7 Å². The van der Waals surface area contributed by atoms with Crippen molar-refractivity contribution in [2.24, 2.45) is 5.92 Å². The first-order valence-corrected chi connectivity index (χ1v) is 12.3. The van der Waals surface area contributed by atoms with Gasteiger partial charge in [-0.15, -0.1) is 0 Å². The summed E-state index contributed by atoms with van der Waals surface area (Å²) in [4.78, 5) is 39.1. The molecule has 0 aromatic heterocycles. The number of nitrogens with zero attached hydrogens (tertiary/aromatic N) is 1. The van der Waals surface area contributed by atoms with Crippen molar-refractivity contribution in [2.45, 2.75) is 26.2 Å². The number of amides is 3. The summed E-state index contributed by atoms with van der Waals surface area (Å²) in [6.45, 7) is 2.80. The molecule has 0 aliphatic carbocycles. The molecule has 1 aliphatic heterocycles. The molecule has 3 aromatic carbocycles. The summed E-state index contributed by atoms with van der Waals surface area (Å²) in [6.07, 6.45) is 1.76. The highest BCUT2D eigenvalue weighted by Gasteiger charge is 2.34. The van der Waals surface area contributed by atoms with Crippen molar-refractivity contribution in [3.63, 3.8) is 0 Å². The Kier molecular flexibility index (Phi) is 8.34. The molecule has 1 fully saturated rings. The van der Waals surface area contributed by atoms with Gasteiger partial charge < -0.3 is 20.3 Å². The van der Waals surface area contributed by atoms with Crippen molar-refractivity contribution in [1.82, 2.24) is 5.32 Å². The van der Waals surface area contributed by atoms with E-state index in [9.17, 15) is 14.4 Å². The molecule has 0 saturated carbocycles. The highest BCUT2D eigenvalue weighted by Crippen LogP contribution is 2.27. The lowest BCUT2D eigenvalue weighted by Crippen LogP contribution is -2.34. The van der Waals surface area contributed by atoms with E-state index in [1.807, 2.05) is 61.5 Å². The zero-order chi connectivity index (χ0) is 25.3. The van der Waals surface area contributed by atoms with Gasteiger partial charge in [0.25, 0.3) is 5.91 Å². The summed E-state index contributed by atoms with van der Waals surface area (Å²) in [7, 11) is 0. The van der Waals surface area contributed by atoms with E-state index in [1.165, 1.54) is 0 Å². The van der Waals surface area contributed by atoms with Gasteiger partial charge in [-0.2, -0.15) is 0 Å². The monoisotopic (exact) mass is 485 g/mol. The first kappa shape index (κ1) is 25.0. The number of ether oxygens (including phenoxy) is 1. The smallest absolute Gasteiger partial charge is 0.262 e. The molecular formula is C29H31N3O4. The fourth-order valence-electron chi connectivity index (χ4n) is 4.26. The molecule has 3 amide bonds. The van der Waals surface area contributed by atoms with Crippen LogP contribution in [0.25, 0.3) is 0 Å². The number of benzene rings is 3. The van der Waals surface area contributed by atoms with E-state index >= 15 is 0 Å². The van der Waals surface area contributed by atoms with Crippen molar-refractivity contribution in [3.05, 3.63) is 90.0 Å². The van der Waals surface area contributed by atoms with Gasteiger partial charge in [-0.3, -0.25) is 14.4 Å². The third kappa shape index (κ3) is 6.50. The zero-order valence-electron chi connectivity index (χ0n) is 20.4. The Labute approximate surface area is 211 Å². The van der Waals surface area contributed by atoms with Crippen molar-refractivity contribution in [3.8, 4) is 5.75 Å². The highest BCUT2D eigenvalue weighted by molar-refractivity contribution is 6.00. The minimum absolute atomic E-state index is 0.0826. The van der Waals surface area contributed by atoms with Gasteiger partial charge in [-0.1, -0.05) is 55.5 Å². The van der Waals surface area contributed by atoms with Crippen LogP contribution in [0.2, 0.25) is 0 Å². The second kappa shape index (κ2) is 12.0. The molecule has 1 heterocycles. The first-order valence-electron chi connectivity index (χ1n) is 12.3. The van der Waals surface area contributed by atoms with Gasteiger partial charge in [0.15, 0.2) is 6.61 Å². The second-order valence-corrected chi connectivity index (χ2v) is 8.77. The largest absolute Gasteiger partial charge is 0.484 e. The number of hydrogen-bond acceptors (Lipinski definition) is 4. The number of hydrogen-bond donors (Lipinski definition) is 2. The predicted molar refractivity (Wildman–Crippen MR) is 140 cm³/mol. The van der Waals surface area contributed by atoms with E-state index in [2.05, 4.69) is 10.6 Å². The summed E-state index contributed by atoms with van der Waals surface area (Å²) < 4.78 is 5.62. The number of anilines is 2. The molecule has 0 spiro atoms. The Bertz CT molecular complexity index is 1190. The summed E-state index contributed by atoms with van der Waals surface area (Å²) >= 11 is 0. The summed E-state index contributed by atoms with van der Waals surface area (Å²) in [6, 6.07) is 24.6. The van der Waals surface area contributed by atoms with Crippen LogP contribution in [-0.2, 0) is 27.2 Å². The Morgan fingerprint density at radius 1 is 0.972 bits per heavy atom. The van der Waals surface area contributed by atoms with Gasteiger partial charge in [-0.05, 0) is 54.3 Å². The summed E-state index contributed by atoms with van der Waals surface area (Å²) in [5.41, 5.74) is 3.71. The molecule has 4 rings (SSSR count). The average molecular weight is 486 g/mol. The number of carbonyl (C=O) groups excluding carboxylic acids is 3. The van der Waals surface area contributed by atoms with Gasteiger partial charge in [0.2, 0.25) is 11.8 Å². The Morgan fingerprint density at radius 2 is 1.69 bits per heavy atom. The van der Waals surface area contributed by atoms with Crippen molar-refractivity contribution >= 4 is 29.1 Å². The molecular weight excluding hydrogens is 454 g/mol. The third-order valence-electron chi connectivity index (χ3n) is 6.24. The molecule has 186 valence electrons. The van der Waals surface area contributed by atoms with E-state index in [4.69, 9.17) is 4.74 Å². The summed E-state index contributed by atoms with van der Waals surface area (Å²) in [5, 5.41) is 5.83. The van der Waals surface area contributed by atoms with Gasteiger partial charge in [0.05, 0.1) is 5.92 Å². The van der Waals surface area contributed by atoms with E-state index in [-0.39, 0.29) is 36.7 Å². The molecule has 0 bridgehead atoms. The van der Waals surface area contributed by atoms with Crippen LogP contribution in [0.4, 0.5) is 11.4 Å². The molecule has 36 heavy (non-hydrogen) atoms. The van der Waals surface area contributed by atoms with Crippen molar-refractivity contribution < 1.29 is 19.1 Å². The number of rotatable bonds is 10. The molecule has 7 heteroatoms. The van der Waals surface area contributed by atoms with Crippen LogP contribution in [0.1, 0.15) is 24.5 Å². The SMILES string of the molecule is CCc1ccccc1NC(=O)COc1ccc(N2C[C@H](C(=O)NCCc3ccccc3)CC2=O)cc1. The second-order valence-electron chi connectivity index (χ2n) is 8.77. The molecule has 0 unspecified atom stereocenters. The maximum atomic E-state index is 12.6. The molecule has 1 aliphatic rings. The molecule has 2 N–H and O–H groups in total. The zero-order valence-corrected chi connectivity index (χ0v) is 20.4. The van der Waals surface area contributed by atoms with Gasteiger partial charge in [-0.25, -0.2) is 0 Å². The van der Waals surface area contributed by atoms with E-state index in [1.54, 1.807) is 29.2 Å². The quantitative estimate of drug-likeness (QED) is 0.455. The van der Waals surface area contributed by atoms with Gasteiger partial charge >= 0.3 is 0 Å². The third-order valence-corrected chi connectivity index (χ3v) is 6.24. The Balaban J connectivity index is 1.25. The van der Waals surface area contributed by atoms with Crippen molar-refractivity contribution in [2.75, 3.05) is 29.9 Å². The maximum absolute atomic E-state index is 12.6. The molecule has 3 aromatic rings. The van der Waals surface area contributed by atoms with Crippen LogP contribution in [0.3, 0.4) is 0 Å². The average Bonchev–Trinajstić information content (AvgIpc) is 3.30. The molecule has 1 saturated heterocycles. The normalized spacial score (nSPS) is 15.0. The minimum Gasteiger partial charge on any atom is -0.484 e. The molecule has 7 nitrogen and oxygen atoms in total. The minimum atomic E-state index is -0.376. The summed E-state index contributed by atoms with van der Waals surface area (Å²) in [5.74, 6) is -0.271. The fraction of sp³-hybridized carbons (Fsp3) is 0.276. The van der Waals surface area contributed by atoms with E-state index in [0.29, 0.717) is 24.5 Å². The van der Waals surface area contributed by atoms with Crippen LogP contribution < -0.4 is 20.3 Å². The lowest BCUT2D eigenvalue weighted by Gasteiger charge is -2.17. The van der Waals surface area contributed by atoms with Crippen LogP contribution in [0.5, 0.6) is 5.75 Å². The predicted octanol–water partition coefficient (Wildman–Crippen LogP) is 3.98. The van der Waals surface area contributed by atoms with Crippen LogP contribution in [0.15, 0.2) is 78.9 Å². The Morgan fingerprint density at radius 3 is 2.44 bits per heavy atom. The highest BCUT2D eigenvalue weighted by atomic mass is 16.5. The first-order chi connectivity index (χ1) is 17.5. The van der Waals surface area contributed by atoms with Crippen LogP contribution >= 0.6 is 0 Å². The number of carbonyl (C=O) groups is 3. The van der Waals surface area contributed by atoms with Crippen molar-refractivity contribution in [1.29, 1.82) is 0 Å². The number of aryl methyl sites for hydroxylation is 1. The Hall–Kier alpha value is -4.13. The lowest BCUT2D eigenvalue weighted by molar-refractivity contribution is -0.126. The maximum Gasteiger partial charge on any atom is 0.262 e. The van der Waals surface area contributed by atoms with E-state index < -0.39 is 0 Å². The number of nitrogens with one attached hydrogen (secondary N) is 2. The van der Waals surface area contributed by atoms with Crippen LogP contribution in [0, 0.1) is 5.92 Å². The number of para-hydroxylation sites is 1. The fourth-order valence-corrected chi connectivity index (χ4v) is 4.26. The lowest BCUT2D eigenvalue weighted by atomic mass is 10.1. The van der Waals surface area contributed by atoms with Gasteiger partial charge in [0, 0.05) is 30.9 Å². The van der Waals surface area contributed by atoms with Gasteiger partial charge in [0.1, 0.15) is 5.75 Å². The molecule has 1 atom stereocenters. The standard InChI is InChI=1S/C29H31N3O4/c1-2-22-10-6-7-11-26(22)31-27(33)20-36-25-14-12-24(13-15-25)32-19-23(18-28(32)34)29(35)30-17-16-21-8-4-3-5-9-21/h3-15,23H,2,16-20H2,1H3,(H,30,35)(H,31,33)/t23-/m1/s1.